The van der Waals surface area contributed by atoms with Crippen LogP contribution < -0.4 is 0 Å². The fourth-order valence-electron chi connectivity index (χ4n) is 6.87. The largest absolute Gasteiger partial charge is 0.444 e. The minimum Gasteiger partial charge on any atom is -0.444 e. The van der Waals surface area contributed by atoms with Crippen LogP contribution in [0.15, 0.2) is 30.6 Å². The van der Waals surface area contributed by atoms with Crippen molar-refractivity contribution in [2.24, 2.45) is 5.92 Å². The Bertz CT molecular complexity index is 1670. The number of amides is 2. The number of fused-ring (bicyclic) bond motifs is 2. The molecule has 2 amide bonds. The van der Waals surface area contributed by atoms with E-state index in [-0.39, 0.29) is 24.0 Å². The van der Waals surface area contributed by atoms with Crippen molar-refractivity contribution in [3.8, 4) is 11.1 Å². The number of pyridine rings is 1. The Hall–Kier alpha value is -3.92. The van der Waals surface area contributed by atoms with Gasteiger partial charge < -0.3 is 24.0 Å². The fraction of sp³-hybridized carbons (Fsp3) is 0.556. The van der Waals surface area contributed by atoms with Gasteiger partial charge in [0, 0.05) is 49.6 Å². The average Bonchev–Trinajstić information content (AvgIpc) is 3.75. The van der Waals surface area contributed by atoms with Crippen LogP contribution in [0.1, 0.15) is 89.1 Å². The van der Waals surface area contributed by atoms with E-state index in [1.165, 1.54) is 10.1 Å². The maximum absolute atomic E-state index is 13.4. The molecule has 2 fully saturated rings. The lowest BCUT2D eigenvalue weighted by atomic mass is 9.86. The summed E-state index contributed by atoms with van der Waals surface area (Å²) in [4.78, 5) is 48.3. The van der Waals surface area contributed by atoms with E-state index in [2.05, 4.69) is 18.2 Å². The van der Waals surface area contributed by atoms with E-state index in [0.29, 0.717) is 38.5 Å². The zero-order valence-corrected chi connectivity index (χ0v) is 28.1. The first kappa shape index (κ1) is 32.0. The molecule has 5 heterocycles. The topological polar surface area (TPSA) is 103 Å². The number of likely N-dealkylation sites (tertiary alicyclic amines) is 1. The van der Waals surface area contributed by atoms with Crippen molar-refractivity contribution in [1.82, 2.24) is 19.4 Å². The third-order valence-electron chi connectivity index (χ3n) is 8.97. The van der Waals surface area contributed by atoms with E-state index in [9.17, 15) is 14.4 Å². The van der Waals surface area contributed by atoms with Gasteiger partial charge in [-0.1, -0.05) is 0 Å². The number of rotatable bonds is 3. The third kappa shape index (κ3) is 6.49. The highest BCUT2D eigenvalue weighted by Crippen LogP contribution is 2.41. The first-order chi connectivity index (χ1) is 21.7. The molecule has 46 heavy (non-hydrogen) atoms. The second kappa shape index (κ2) is 12.0. The molecule has 1 aromatic carbocycles. The Balaban J connectivity index is 1.41. The van der Waals surface area contributed by atoms with Crippen LogP contribution in [0.2, 0.25) is 0 Å². The van der Waals surface area contributed by atoms with Crippen molar-refractivity contribution in [2.75, 3.05) is 26.3 Å². The molecule has 0 bridgehead atoms. The highest BCUT2D eigenvalue weighted by Gasteiger charge is 2.37. The van der Waals surface area contributed by atoms with Crippen LogP contribution in [0, 0.1) is 12.8 Å². The van der Waals surface area contributed by atoms with Gasteiger partial charge >= 0.3 is 12.2 Å². The maximum atomic E-state index is 13.4. The smallest absolute Gasteiger partial charge is 0.420 e. The molecule has 1 unspecified atom stereocenters. The number of aromatic nitrogens is 2. The minimum atomic E-state index is -0.630. The quantitative estimate of drug-likeness (QED) is 0.314. The number of benzene rings is 1. The van der Waals surface area contributed by atoms with Crippen LogP contribution in [0.25, 0.3) is 22.2 Å². The summed E-state index contributed by atoms with van der Waals surface area (Å²) < 4.78 is 18.4. The maximum Gasteiger partial charge on any atom is 0.420 e. The Morgan fingerprint density at radius 1 is 0.935 bits per heavy atom. The molecular weight excluding hydrogens is 584 g/mol. The lowest BCUT2D eigenvalue weighted by Crippen LogP contribution is -2.41. The third-order valence-corrected chi connectivity index (χ3v) is 8.97. The van der Waals surface area contributed by atoms with Crippen LogP contribution in [-0.2, 0) is 32.0 Å². The van der Waals surface area contributed by atoms with Crippen LogP contribution in [0.5, 0.6) is 0 Å². The summed E-state index contributed by atoms with van der Waals surface area (Å²) in [5.74, 6) is 0.0545. The summed E-state index contributed by atoms with van der Waals surface area (Å²) in [5.41, 5.74) is 5.49. The highest BCUT2D eigenvalue weighted by atomic mass is 16.6. The van der Waals surface area contributed by atoms with Crippen molar-refractivity contribution in [3.05, 3.63) is 52.8 Å². The molecule has 3 aliphatic heterocycles. The van der Waals surface area contributed by atoms with Gasteiger partial charge in [-0.2, -0.15) is 0 Å². The lowest BCUT2D eigenvalue weighted by molar-refractivity contribution is -0.136. The van der Waals surface area contributed by atoms with Gasteiger partial charge in [-0.05, 0) is 120 Å². The molecule has 10 heteroatoms. The van der Waals surface area contributed by atoms with E-state index >= 15 is 0 Å². The zero-order valence-electron chi connectivity index (χ0n) is 28.1. The van der Waals surface area contributed by atoms with Crippen molar-refractivity contribution < 1.29 is 28.6 Å². The molecule has 0 spiro atoms. The van der Waals surface area contributed by atoms with Crippen LogP contribution in [-0.4, -0.2) is 74.9 Å². The first-order valence-corrected chi connectivity index (χ1v) is 16.4. The van der Waals surface area contributed by atoms with Gasteiger partial charge in [0.05, 0.1) is 18.6 Å². The number of hydrogen-bond acceptors (Lipinski definition) is 7. The van der Waals surface area contributed by atoms with E-state index in [1.54, 1.807) is 12.4 Å². The van der Waals surface area contributed by atoms with Crippen LogP contribution in [0.3, 0.4) is 0 Å². The number of carbonyl (C=O) groups is 3. The predicted molar refractivity (Wildman–Crippen MR) is 174 cm³/mol. The molecule has 6 rings (SSSR count). The molecule has 0 N–H and O–H groups in total. The fourth-order valence-corrected chi connectivity index (χ4v) is 6.87. The van der Waals surface area contributed by atoms with E-state index < -0.39 is 17.3 Å². The summed E-state index contributed by atoms with van der Waals surface area (Å²) in [6.45, 7) is 16.0. The molecule has 3 aliphatic rings. The standard InChI is InChI=1S/C36H46N4O6/c1-22-19-40(34(43)46-36(5,6)7)31-28(22)17-25(18-37-31)24-15-26-20-38(32(41)23-11-14-44-21-23)13-10-27(26)29(16-24)30-9-8-12-39(30)33(42)45-35(2,3)4/h15-19,23,30H,8-14,20-21H2,1-7H3/t23?,30-/m0/s1. The van der Waals surface area contributed by atoms with Gasteiger partial charge in [0.2, 0.25) is 5.91 Å². The van der Waals surface area contributed by atoms with E-state index in [4.69, 9.17) is 19.2 Å². The normalized spacial score (nSPS) is 20.2. The second-order valence-electron chi connectivity index (χ2n) is 14.9. The summed E-state index contributed by atoms with van der Waals surface area (Å²) in [5, 5.41) is 0.858. The van der Waals surface area contributed by atoms with E-state index in [0.717, 1.165) is 58.9 Å². The number of carbonyl (C=O) groups excluding carboxylic acids is 3. The minimum absolute atomic E-state index is 0.0923. The summed E-state index contributed by atoms with van der Waals surface area (Å²) in [7, 11) is 0. The van der Waals surface area contributed by atoms with Gasteiger partial charge in [-0.15, -0.1) is 0 Å². The van der Waals surface area contributed by atoms with Crippen molar-refractivity contribution in [1.29, 1.82) is 0 Å². The Labute approximate surface area is 271 Å². The average molecular weight is 631 g/mol. The Morgan fingerprint density at radius 2 is 1.67 bits per heavy atom. The monoisotopic (exact) mass is 630 g/mol. The number of aryl methyl sites for hydroxylation is 1. The molecule has 0 aliphatic carbocycles. The van der Waals surface area contributed by atoms with Crippen molar-refractivity contribution in [3.63, 3.8) is 0 Å². The predicted octanol–water partition coefficient (Wildman–Crippen LogP) is 6.79. The lowest BCUT2D eigenvalue weighted by Gasteiger charge is -2.35. The second-order valence-corrected chi connectivity index (χ2v) is 14.9. The molecule has 2 aromatic heterocycles. The molecular formula is C36H46N4O6. The highest BCUT2D eigenvalue weighted by molar-refractivity contribution is 5.92. The first-order valence-electron chi connectivity index (χ1n) is 16.4. The molecule has 2 atom stereocenters. The molecule has 2 saturated heterocycles. The molecule has 246 valence electrons. The summed E-state index contributed by atoms with van der Waals surface area (Å²) in [6, 6.07) is 6.29. The van der Waals surface area contributed by atoms with Crippen molar-refractivity contribution in [2.45, 2.75) is 97.9 Å². The van der Waals surface area contributed by atoms with Crippen molar-refractivity contribution >= 4 is 29.1 Å². The van der Waals surface area contributed by atoms with Gasteiger partial charge in [0.1, 0.15) is 16.8 Å². The van der Waals surface area contributed by atoms with Gasteiger partial charge in [0.15, 0.2) is 0 Å². The summed E-state index contributed by atoms with van der Waals surface area (Å²) in [6.07, 6.45) is 5.99. The van der Waals surface area contributed by atoms with Crippen LogP contribution >= 0.6 is 0 Å². The van der Waals surface area contributed by atoms with Crippen LogP contribution in [0.4, 0.5) is 9.59 Å². The summed E-state index contributed by atoms with van der Waals surface area (Å²) >= 11 is 0. The Morgan fingerprint density at radius 3 is 2.37 bits per heavy atom. The zero-order chi connectivity index (χ0) is 33.0. The molecule has 0 radical (unpaired) electrons. The van der Waals surface area contributed by atoms with Gasteiger partial charge in [-0.3, -0.25) is 4.79 Å². The number of hydrogen-bond donors (Lipinski definition) is 0. The SMILES string of the molecule is Cc1cn(C(=O)OC(C)(C)C)c2ncc(-c3cc4c(c([C@@H]5CCCN5C(=O)OC(C)(C)C)c3)CCN(C(=O)C3CCOC3)C4)cc12. The molecule has 0 saturated carbocycles. The van der Waals surface area contributed by atoms with Gasteiger partial charge in [-0.25, -0.2) is 19.1 Å². The molecule has 10 nitrogen and oxygen atoms in total. The number of ether oxygens (including phenoxy) is 3. The number of nitrogens with zero attached hydrogens (tertiary/aromatic N) is 4. The van der Waals surface area contributed by atoms with Gasteiger partial charge in [0.25, 0.3) is 0 Å². The molecule has 3 aromatic rings. The van der Waals surface area contributed by atoms with E-state index in [1.807, 2.05) is 58.3 Å². The Kier molecular flexibility index (Phi) is 8.38.